The number of rotatable bonds is 4. The summed E-state index contributed by atoms with van der Waals surface area (Å²) in [5, 5.41) is 5.88. The number of thioether (sulfide) groups is 1. The third-order valence-electron chi connectivity index (χ3n) is 2.34. The Morgan fingerprint density at radius 1 is 1.42 bits per heavy atom. The molecule has 0 aromatic heterocycles. The van der Waals surface area contributed by atoms with E-state index in [0.717, 1.165) is 12.3 Å². The molecule has 1 aromatic rings. The highest BCUT2D eigenvalue weighted by Gasteiger charge is 2.10. The number of carbonyl (C=O) groups excluding carboxylic acids is 1. The summed E-state index contributed by atoms with van der Waals surface area (Å²) in [4.78, 5) is 15.6. The molecule has 0 saturated carbocycles. The van der Waals surface area contributed by atoms with E-state index in [4.69, 9.17) is 9.47 Å². The number of amidine groups is 1. The summed E-state index contributed by atoms with van der Waals surface area (Å²) in [7, 11) is 1.57. The van der Waals surface area contributed by atoms with Crippen molar-refractivity contribution in [3.63, 3.8) is 0 Å². The normalized spacial score (nSPS) is 13.6. The molecule has 2 amide bonds. The van der Waals surface area contributed by atoms with Crippen molar-refractivity contribution in [3.8, 4) is 11.5 Å². The second-order valence-electron chi connectivity index (χ2n) is 3.61. The molecule has 0 unspecified atom stereocenters. The number of benzene rings is 1. The van der Waals surface area contributed by atoms with Gasteiger partial charge in [0.15, 0.2) is 23.4 Å². The molecule has 0 radical (unpaired) electrons. The first kappa shape index (κ1) is 13.5. The number of carbonyl (C=O) groups is 1. The van der Waals surface area contributed by atoms with Gasteiger partial charge in [-0.1, -0.05) is 23.9 Å². The highest BCUT2D eigenvalue weighted by Crippen LogP contribution is 2.25. The van der Waals surface area contributed by atoms with E-state index >= 15 is 0 Å². The number of nitrogens with zero attached hydrogens (tertiary/aromatic N) is 1. The number of para-hydroxylation sites is 2. The summed E-state index contributed by atoms with van der Waals surface area (Å²) in [6.07, 6.45) is 0. The Bertz CT molecular complexity index is 479. The third kappa shape index (κ3) is 4.06. The molecule has 0 saturated heterocycles. The van der Waals surface area contributed by atoms with Gasteiger partial charge in [0.25, 0.3) is 0 Å². The summed E-state index contributed by atoms with van der Waals surface area (Å²) in [6.45, 7) is 0.808. The van der Waals surface area contributed by atoms with E-state index in [-0.39, 0.29) is 12.8 Å². The zero-order chi connectivity index (χ0) is 13.5. The van der Waals surface area contributed by atoms with E-state index in [1.165, 1.54) is 11.8 Å². The fourth-order valence-electron chi connectivity index (χ4n) is 1.47. The molecular formula is C12H15N3O3S. The maximum Gasteiger partial charge on any atom is 0.323 e. The van der Waals surface area contributed by atoms with Gasteiger partial charge in [-0.05, 0) is 12.1 Å². The maximum absolute atomic E-state index is 11.5. The quantitative estimate of drug-likeness (QED) is 0.819. The summed E-state index contributed by atoms with van der Waals surface area (Å²) in [5.41, 5.74) is 0. The van der Waals surface area contributed by atoms with Crippen LogP contribution in [0.25, 0.3) is 0 Å². The van der Waals surface area contributed by atoms with Crippen LogP contribution < -0.4 is 20.1 Å². The minimum Gasteiger partial charge on any atom is -0.493 e. The standard InChI is InChI=1S/C12H15N3O3S/c1-17-9-4-2-3-5-10(9)18-8-14-11(16)15-12-13-6-7-19-12/h2-5H,6-8H2,1H3,(H2,13,14,15,16). The Hall–Kier alpha value is -1.89. The van der Waals surface area contributed by atoms with E-state index in [1.807, 2.05) is 12.1 Å². The summed E-state index contributed by atoms with van der Waals surface area (Å²) < 4.78 is 10.6. The first-order valence-electron chi connectivity index (χ1n) is 5.77. The second kappa shape index (κ2) is 6.89. The van der Waals surface area contributed by atoms with E-state index in [1.54, 1.807) is 19.2 Å². The van der Waals surface area contributed by atoms with Crippen molar-refractivity contribution in [2.24, 2.45) is 4.99 Å². The molecule has 102 valence electrons. The van der Waals surface area contributed by atoms with Crippen molar-refractivity contribution < 1.29 is 14.3 Å². The fraction of sp³-hybridized carbons (Fsp3) is 0.333. The van der Waals surface area contributed by atoms with Gasteiger partial charge in [0.2, 0.25) is 0 Å². The molecule has 6 nitrogen and oxygen atoms in total. The van der Waals surface area contributed by atoms with Crippen LogP contribution in [0, 0.1) is 0 Å². The minimum absolute atomic E-state index is 0.0597. The molecule has 19 heavy (non-hydrogen) atoms. The lowest BCUT2D eigenvalue weighted by Crippen LogP contribution is -2.39. The van der Waals surface area contributed by atoms with E-state index in [0.29, 0.717) is 16.7 Å². The minimum atomic E-state index is -0.331. The molecule has 2 N–H and O–H groups in total. The smallest absolute Gasteiger partial charge is 0.323 e. The maximum atomic E-state index is 11.5. The number of aliphatic imine (C=N–C) groups is 1. The number of hydrogen-bond acceptors (Lipinski definition) is 5. The van der Waals surface area contributed by atoms with Crippen molar-refractivity contribution >= 4 is 23.0 Å². The van der Waals surface area contributed by atoms with Crippen molar-refractivity contribution in [1.29, 1.82) is 0 Å². The monoisotopic (exact) mass is 281 g/mol. The Morgan fingerprint density at radius 3 is 2.89 bits per heavy atom. The molecule has 7 heteroatoms. The molecule has 1 aliphatic heterocycles. The van der Waals surface area contributed by atoms with Crippen LogP contribution in [-0.4, -0.2) is 37.3 Å². The van der Waals surface area contributed by atoms with Gasteiger partial charge in [0.05, 0.1) is 13.7 Å². The zero-order valence-corrected chi connectivity index (χ0v) is 11.3. The Morgan fingerprint density at radius 2 is 2.21 bits per heavy atom. The molecule has 1 aliphatic rings. The molecular weight excluding hydrogens is 266 g/mol. The van der Waals surface area contributed by atoms with Gasteiger partial charge < -0.3 is 14.8 Å². The average Bonchev–Trinajstić information content (AvgIpc) is 2.92. The Balaban J connectivity index is 1.75. The van der Waals surface area contributed by atoms with Gasteiger partial charge in [-0.3, -0.25) is 10.3 Å². The van der Waals surface area contributed by atoms with Crippen LogP contribution >= 0.6 is 11.8 Å². The number of nitrogens with one attached hydrogen (secondary N) is 2. The van der Waals surface area contributed by atoms with Crippen LogP contribution in [0.3, 0.4) is 0 Å². The fourth-order valence-corrected chi connectivity index (χ4v) is 2.19. The summed E-state index contributed by atoms with van der Waals surface area (Å²) >= 11 is 1.52. The predicted octanol–water partition coefficient (Wildman–Crippen LogP) is 1.43. The van der Waals surface area contributed by atoms with Crippen LogP contribution in [0.4, 0.5) is 4.79 Å². The second-order valence-corrected chi connectivity index (χ2v) is 4.69. The number of urea groups is 1. The lowest BCUT2D eigenvalue weighted by molar-refractivity contribution is 0.225. The first-order valence-corrected chi connectivity index (χ1v) is 6.76. The molecule has 0 fully saturated rings. The zero-order valence-electron chi connectivity index (χ0n) is 10.5. The SMILES string of the molecule is COc1ccccc1OCNC(=O)NC1=NCCS1. The van der Waals surface area contributed by atoms with Crippen LogP contribution in [-0.2, 0) is 0 Å². The topological polar surface area (TPSA) is 72.0 Å². The summed E-state index contributed by atoms with van der Waals surface area (Å²) in [5.74, 6) is 2.12. The largest absolute Gasteiger partial charge is 0.493 e. The number of hydrogen-bond donors (Lipinski definition) is 2. The van der Waals surface area contributed by atoms with E-state index < -0.39 is 0 Å². The predicted molar refractivity (Wildman–Crippen MR) is 74.9 cm³/mol. The van der Waals surface area contributed by atoms with E-state index in [2.05, 4.69) is 15.6 Å². The van der Waals surface area contributed by atoms with Crippen LogP contribution in [0.5, 0.6) is 11.5 Å². The molecule has 0 spiro atoms. The van der Waals surface area contributed by atoms with E-state index in [9.17, 15) is 4.79 Å². The van der Waals surface area contributed by atoms with Gasteiger partial charge in [-0.2, -0.15) is 0 Å². The molecule has 1 heterocycles. The molecule has 0 bridgehead atoms. The van der Waals surface area contributed by atoms with Crippen molar-refractivity contribution in [3.05, 3.63) is 24.3 Å². The lowest BCUT2D eigenvalue weighted by atomic mass is 10.3. The number of ether oxygens (including phenoxy) is 2. The molecule has 2 rings (SSSR count). The number of amides is 2. The van der Waals surface area contributed by atoms with Gasteiger partial charge in [0.1, 0.15) is 0 Å². The highest BCUT2D eigenvalue weighted by molar-refractivity contribution is 8.14. The summed E-state index contributed by atoms with van der Waals surface area (Å²) in [6, 6.07) is 6.92. The molecule has 0 aliphatic carbocycles. The van der Waals surface area contributed by atoms with Gasteiger partial charge in [-0.15, -0.1) is 0 Å². The average molecular weight is 281 g/mol. The van der Waals surface area contributed by atoms with Gasteiger partial charge >= 0.3 is 6.03 Å². The Labute approximate surface area is 115 Å². The molecule has 1 aromatic carbocycles. The highest BCUT2D eigenvalue weighted by atomic mass is 32.2. The van der Waals surface area contributed by atoms with Crippen molar-refractivity contribution in [2.75, 3.05) is 26.1 Å². The van der Waals surface area contributed by atoms with Crippen molar-refractivity contribution in [2.45, 2.75) is 0 Å². The third-order valence-corrected chi connectivity index (χ3v) is 3.23. The first-order chi connectivity index (χ1) is 9.29. The van der Waals surface area contributed by atoms with Crippen LogP contribution in [0.1, 0.15) is 0 Å². The van der Waals surface area contributed by atoms with Gasteiger partial charge in [-0.25, -0.2) is 4.79 Å². The van der Waals surface area contributed by atoms with Crippen LogP contribution in [0.15, 0.2) is 29.3 Å². The van der Waals surface area contributed by atoms with Gasteiger partial charge in [0, 0.05) is 5.75 Å². The Kier molecular flexibility index (Phi) is 4.91. The number of methoxy groups -OCH3 is 1. The lowest BCUT2D eigenvalue weighted by Gasteiger charge is -2.11. The van der Waals surface area contributed by atoms with Crippen LogP contribution in [0.2, 0.25) is 0 Å². The van der Waals surface area contributed by atoms with Crippen molar-refractivity contribution in [1.82, 2.24) is 10.6 Å². The molecule has 0 atom stereocenters.